The van der Waals surface area contributed by atoms with Gasteiger partial charge in [0.25, 0.3) is 0 Å². The van der Waals surface area contributed by atoms with Gasteiger partial charge in [-0.1, -0.05) is 31.4 Å². The number of likely N-dealkylation sites (tertiary alicyclic amines) is 1. The molecular weight excluding hydrogens is 263 g/mol. The zero-order valence-electron chi connectivity index (χ0n) is 13.5. The first kappa shape index (κ1) is 16.4. The summed E-state index contributed by atoms with van der Waals surface area (Å²) in [6.45, 7) is 5.35. The van der Waals surface area contributed by atoms with Gasteiger partial charge < -0.3 is 10.2 Å². The monoisotopic (exact) mass is 292 g/mol. The van der Waals surface area contributed by atoms with Crippen molar-refractivity contribution < 1.29 is 4.39 Å². The van der Waals surface area contributed by atoms with Crippen molar-refractivity contribution in [2.75, 3.05) is 26.7 Å². The summed E-state index contributed by atoms with van der Waals surface area (Å²) in [6.07, 6.45) is 7.83. The fraction of sp³-hybridized carbons (Fsp3) is 0.667. The highest BCUT2D eigenvalue weighted by Crippen LogP contribution is 2.20. The molecule has 1 heterocycles. The summed E-state index contributed by atoms with van der Waals surface area (Å²) in [7, 11) is 1.97. The van der Waals surface area contributed by atoms with E-state index in [4.69, 9.17) is 0 Å². The van der Waals surface area contributed by atoms with Crippen LogP contribution in [0.25, 0.3) is 0 Å². The molecule has 0 bridgehead atoms. The minimum absolute atomic E-state index is 0.0981. The lowest BCUT2D eigenvalue weighted by atomic mass is 10.0. The molecule has 0 saturated carbocycles. The molecule has 1 aromatic rings. The summed E-state index contributed by atoms with van der Waals surface area (Å²) in [5, 5.41) is 3.34. The fourth-order valence-electron chi connectivity index (χ4n) is 3.15. The van der Waals surface area contributed by atoms with Gasteiger partial charge in [0, 0.05) is 6.04 Å². The Kier molecular flexibility index (Phi) is 6.65. The van der Waals surface area contributed by atoms with Crippen LogP contribution in [0.15, 0.2) is 18.2 Å². The highest BCUT2D eigenvalue weighted by molar-refractivity contribution is 5.25. The van der Waals surface area contributed by atoms with Gasteiger partial charge in [0.2, 0.25) is 0 Å². The maximum Gasteiger partial charge on any atom is 0.126 e. The Bertz CT molecular complexity index is 425. The van der Waals surface area contributed by atoms with E-state index < -0.39 is 0 Å². The maximum atomic E-state index is 13.7. The normalized spacial score (nSPS) is 19.0. The Labute approximate surface area is 128 Å². The van der Waals surface area contributed by atoms with Gasteiger partial charge in [0.1, 0.15) is 5.82 Å². The lowest BCUT2D eigenvalue weighted by molar-refractivity contribution is 0.235. The number of benzene rings is 1. The fourth-order valence-corrected chi connectivity index (χ4v) is 3.15. The van der Waals surface area contributed by atoms with E-state index >= 15 is 0 Å². The largest absolute Gasteiger partial charge is 0.313 e. The van der Waals surface area contributed by atoms with Crippen molar-refractivity contribution in [3.8, 4) is 0 Å². The van der Waals surface area contributed by atoms with Crippen LogP contribution in [-0.4, -0.2) is 31.6 Å². The second kappa shape index (κ2) is 8.50. The van der Waals surface area contributed by atoms with Crippen molar-refractivity contribution in [2.45, 2.75) is 51.5 Å². The molecule has 1 fully saturated rings. The first-order valence-electron chi connectivity index (χ1n) is 8.36. The van der Waals surface area contributed by atoms with E-state index in [1.54, 1.807) is 6.07 Å². The summed E-state index contributed by atoms with van der Waals surface area (Å²) in [5.41, 5.74) is 1.78. The molecule has 0 aliphatic carbocycles. The van der Waals surface area contributed by atoms with E-state index in [0.717, 1.165) is 24.1 Å². The number of aryl methyl sites for hydroxylation is 1. The summed E-state index contributed by atoms with van der Waals surface area (Å²) in [6, 6.07) is 5.85. The standard InChI is InChI=1S/C18H29FN2/c1-15-8-9-16(14-17(15)19)18(20-2)10-13-21-11-6-4-3-5-7-12-21/h8-9,14,18,20H,3-7,10-13H2,1-2H3. The zero-order chi connectivity index (χ0) is 15.1. The third-order valence-electron chi connectivity index (χ3n) is 4.63. The van der Waals surface area contributed by atoms with Crippen LogP contribution in [0.1, 0.15) is 55.7 Å². The Morgan fingerprint density at radius 2 is 1.81 bits per heavy atom. The van der Waals surface area contributed by atoms with Gasteiger partial charge in [0.15, 0.2) is 0 Å². The van der Waals surface area contributed by atoms with Crippen molar-refractivity contribution in [1.82, 2.24) is 10.2 Å². The van der Waals surface area contributed by atoms with E-state index in [0.29, 0.717) is 0 Å². The molecule has 0 radical (unpaired) electrons. The maximum absolute atomic E-state index is 13.7. The molecule has 1 atom stereocenters. The summed E-state index contributed by atoms with van der Waals surface area (Å²) >= 11 is 0. The first-order valence-corrected chi connectivity index (χ1v) is 8.36. The van der Waals surface area contributed by atoms with Crippen LogP contribution in [0.3, 0.4) is 0 Å². The molecule has 1 aromatic carbocycles. The molecule has 2 nitrogen and oxygen atoms in total. The average Bonchev–Trinajstić information content (AvgIpc) is 2.45. The Morgan fingerprint density at radius 1 is 1.14 bits per heavy atom. The highest BCUT2D eigenvalue weighted by Gasteiger charge is 2.14. The minimum Gasteiger partial charge on any atom is -0.313 e. The number of hydrogen-bond donors (Lipinski definition) is 1. The molecule has 0 amide bonds. The second-order valence-corrected chi connectivity index (χ2v) is 6.25. The molecule has 1 saturated heterocycles. The smallest absolute Gasteiger partial charge is 0.126 e. The van der Waals surface area contributed by atoms with Crippen molar-refractivity contribution >= 4 is 0 Å². The molecule has 1 aliphatic heterocycles. The van der Waals surface area contributed by atoms with Crippen molar-refractivity contribution in [1.29, 1.82) is 0 Å². The van der Waals surface area contributed by atoms with Gasteiger partial charge >= 0.3 is 0 Å². The topological polar surface area (TPSA) is 15.3 Å². The van der Waals surface area contributed by atoms with Gasteiger partial charge in [-0.25, -0.2) is 4.39 Å². The molecular formula is C18H29FN2. The summed E-state index contributed by atoms with van der Waals surface area (Å²) < 4.78 is 13.7. The van der Waals surface area contributed by atoms with Gasteiger partial charge in [-0.2, -0.15) is 0 Å². The third-order valence-corrected chi connectivity index (χ3v) is 4.63. The van der Waals surface area contributed by atoms with E-state index in [-0.39, 0.29) is 11.9 Å². The Hall–Kier alpha value is -0.930. The number of nitrogens with zero attached hydrogens (tertiary/aromatic N) is 1. The van der Waals surface area contributed by atoms with Crippen LogP contribution < -0.4 is 5.32 Å². The predicted octanol–water partition coefficient (Wildman–Crippen LogP) is 4.05. The number of rotatable bonds is 5. The lowest BCUT2D eigenvalue weighted by Gasteiger charge is -2.27. The van der Waals surface area contributed by atoms with Crippen molar-refractivity contribution in [3.63, 3.8) is 0 Å². The zero-order valence-corrected chi connectivity index (χ0v) is 13.5. The van der Waals surface area contributed by atoms with Gasteiger partial charge in [0.05, 0.1) is 0 Å². The molecule has 1 N–H and O–H groups in total. The third kappa shape index (κ3) is 5.08. The van der Waals surface area contributed by atoms with Crippen molar-refractivity contribution in [3.05, 3.63) is 35.1 Å². The Morgan fingerprint density at radius 3 is 2.43 bits per heavy atom. The van der Waals surface area contributed by atoms with Gasteiger partial charge in [-0.15, -0.1) is 0 Å². The van der Waals surface area contributed by atoms with Crippen LogP contribution >= 0.6 is 0 Å². The van der Waals surface area contributed by atoms with E-state index in [9.17, 15) is 4.39 Å². The molecule has 21 heavy (non-hydrogen) atoms. The van der Waals surface area contributed by atoms with Crippen LogP contribution in [0, 0.1) is 12.7 Å². The minimum atomic E-state index is -0.0981. The van der Waals surface area contributed by atoms with Gasteiger partial charge in [-0.05, 0) is 70.1 Å². The molecule has 1 unspecified atom stereocenters. The molecule has 0 spiro atoms. The molecule has 3 heteroatoms. The van der Waals surface area contributed by atoms with Gasteiger partial charge in [-0.3, -0.25) is 0 Å². The molecule has 0 aromatic heterocycles. The SMILES string of the molecule is CNC(CCN1CCCCCCC1)c1ccc(C)c(F)c1. The van der Waals surface area contributed by atoms with E-state index in [1.807, 2.05) is 26.1 Å². The average molecular weight is 292 g/mol. The number of nitrogens with one attached hydrogen (secondary N) is 1. The Balaban J connectivity index is 1.90. The van der Waals surface area contributed by atoms with E-state index in [2.05, 4.69) is 10.2 Å². The van der Waals surface area contributed by atoms with E-state index in [1.165, 1.54) is 45.2 Å². The molecule has 118 valence electrons. The number of halogens is 1. The summed E-state index contributed by atoms with van der Waals surface area (Å²) in [4.78, 5) is 2.58. The highest BCUT2D eigenvalue weighted by atomic mass is 19.1. The molecule has 2 rings (SSSR count). The predicted molar refractivity (Wildman–Crippen MR) is 87.1 cm³/mol. The molecule has 1 aliphatic rings. The van der Waals surface area contributed by atoms with Crippen LogP contribution in [0.2, 0.25) is 0 Å². The quantitative estimate of drug-likeness (QED) is 0.880. The van der Waals surface area contributed by atoms with Crippen LogP contribution in [0.4, 0.5) is 4.39 Å². The first-order chi connectivity index (χ1) is 10.2. The number of hydrogen-bond acceptors (Lipinski definition) is 2. The van der Waals surface area contributed by atoms with Crippen LogP contribution in [0.5, 0.6) is 0 Å². The van der Waals surface area contributed by atoms with Crippen molar-refractivity contribution in [2.24, 2.45) is 0 Å². The summed E-state index contributed by atoms with van der Waals surface area (Å²) in [5.74, 6) is -0.0981. The van der Waals surface area contributed by atoms with Crippen LogP contribution in [-0.2, 0) is 0 Å². The second-order valence-electron chi connectivity index (χ2n) is 6.25. The lowest BCUT2D eigenvalue weighted by Crippen LogP contribution is -2.31.